The average Bonchev–Trinajstić information content (AvgIpc) is 3.21. The summed E-state index contributed by atoms with van der Waals surface area (Å²) in [5.41, 5.74) is 0. The summed E-state index contributed by atoms with van der Waals surface area (Å²) < 4.78 is 32.5. The maximum atomic E-state index is 12.6. The average molecular weight is 833 g/mol. The van der Waals surface area contributed by atoms with Gasteiger partial charge in [0, 0.05) is 12.8 Å². The largest absolute Gasteiger partial charge is 0.472 e. The predicted octanol–water partition coefficient (Wildman–Crippen LogP) is 9.97. The molecule has 4 atom stereocenters. The number of aliphatic hydroxyl groups excluding tert-OH is 3. The van der Waals surface area contributed by atoms with Crippen molar-refractivity contribution in [2.75, 3.05) is 26.4 Å². The van der Waals surface area contributed by atoms with Crippen molar-refractivity contribution in [1.82, 2.24) is 0 Å². The Labute approximate surface area is 348 Å². The number of unbranched alkanes of at least 4 members (excludes halogenated alkanes) is 5. The molecule has 4 N–H and O–H groups in total. The molecule has 0 aromatic carbocycles. The summed E-state index contributed by atoms with van der Waals surface area (Å²) in [6, 6.07) is 0. The Morgan fingerprint density at radius 3 is 1.71 bits per heavy atom. The highest BCUT2D eigenvalue weighted by atomic mass is 31.2. The Morgan fingerprint density at radius 1 is 0.603 bits per heavy atom. The number of phosphoric ester groups is 1. The highest BCUT2D eigenvalue weighted by molar-refractivity contribution is 7.47. The van der Waals surface area contributed by atoms with E-state index in [4.69, 9.17) is 19.1 Å². The van der Waals surface area contributed by atoms with Gasteiger partial charge in [-0.2, -0.15) is 0 Å². The van der Waals surface area contributed by atoms with E-state index < -0.39 is 57.9 Å². The van der Waals surface area contributed by atoms with Crippen LogP contribution in [0, 0.1) is 0 Å². The van der Waals surface area contributed by atoms with Crippen molar-refractivity contribution in [3.8, 4) is 0 Å². The molecule has 0 bridgehead atoms. The van der Waals surface area contributed by atoms with Gasteiger partial charge in [0.25, 0.3) is 0 Å². The number of ether oxygens (including phenoxy) is 2. The van der Waals surface area contributed by atoms with Crippen LogP contribution in [0.3, 0.4) is 0 Å². The number of allylic oxidation sites excluding steroid dienone is 16. The van der Waals surface area contributed by atoms with Gasteiger partial charge in [0.1, 0.15) is 12.7 Å². The van der Waals surface area contributed by atoms with Crippen LogP contribution >= 0.6 is 7.82 Å². The summed E-state index contributed by atoms with van der Waals surface area (Å²) in [6.07, 6.45) is 46.7. The molecule has 0 saturated carbocycles. The van der Waals surface area contributed by atoms with E-state index in [2.05, 4.69) is 67.0 Å². The third kappa shape index (κ3) is 39.4. The van der Waals surface area contributed by atoms with Crippen LogP contribution in [-0.2, 0) is 32.7 Å². The molecule has 0 amide bonds. The summed E-state index contributed by atoms with van der Waals surface area (Å²) in [5, 5.41) is 28.3. The highest BCUT2D eigenvalue weighted by Crippen LogP contribution is 2.43. The molecular formula is C46H73O11P. The molecule has 2 unspecified atom stereocenters. The maximum Gasteiger partial charge on any atom is 0.472 e. The van der Waals surface area contributed by atoms with Crippen LogP contribution < -0.4 is 0 Å². The lowest BCUT2D eigenvalue weighted by atomic mass is 10.2. The molecule has 12 heteroatoms. The predicted molar refractivity (Wildman–Crippen MR) is 234 cm³/mol. The summed E-state index contributed by atoms with van der Waals surface area (Å²) in [6.45, 7) is 1.98. The molecule has 0 aliphatic heterocycles. The van der Waals surface area contributed by atoms with E-state index in [1.807, 2.05) is 54.7 Å². The second kappa shape index (κ2) is 40.4. The smallest absolute Gasteiger partial charge is 0.462 e. The van der Waals surface area contributed by atoms with Crippen molar-refractivity contribution in [3.05, 3.63) is 109 Å². The first-order chi connectivity index (χ1) is 28.1. The van der Waals surface area contributed by atoms with Crippen LogP contribution in [0.5, 0.6) is 0 Å². The molecule has 0 aromatic heterocycles. The minimum absolute atomic E-state index is 0.0552. The first-order valence-electron chi connectivity index (χ1n) is 21.0. The molecule has 0 aliphatic rings. The minimum atomic E-state index is -4.67. The second-order valence-electron chi connectivity index (χ2n) is 13.5. The molecule has 0 aromatic rings. The fraction of sp³-hybridized carbons (Fsp3) is 0.565. The SMILES string of the molecule is CC/C=C\C/C=C\CC(O)/C=C/C=C\C/C=C\CCCC(=O)O[C@H](COC(=O)CCC/C=C\C/C=C\C/C=C\C/C=C\CCCCC)COP(=O)(O)OC[C@@H](O)CO. The lowest BCUT2D eigenvalue weighted by Crippen LogP contribution is -2.29. The van der Waals surface area contributed by atoms with Gasteiger partial charge in [0.2, 0.25) is 0 Å². The third-order valence-corrected chi connectivity index (χ3v) is 8.94. The van der Waals surface area contributed by atoms with Gasteiger partial charge in [0.05, 0.1) is 25.9 Å². The Kier molecular flexibility index (Phi) is 38.0. The number of phosphoric acid groups is 1. The summed E-state index contributed by atoms with van der Waals surface area (Å²) >= 11 is 0. The van der Waals surface area contributed by atoms with Crippen molar-refractivity contribution in [1.29, 1.82) is 0 Å². The zero-order chi connectivity index (χ0) is 42.8. The maximum absolute atomic E-state index is 12.6. The molecule has 0 spiro atoms. The van der Waals surface area contributed by atoms with Gasteiger partial charge in [-0.1, -0.05) is 136 Å². The number of carbonyl (C=O) groups is 2. The number of hydrogen-bond acceptors (Lipinski definition) is 10. The fourth-order valence-corrected chi connectivity index (χ4v) is 5.54. The Morgan fingerprint density at radius 2 is 1.12 bits per heavy atom. The van der Waals surface area contributed by atoms with Gasteiger partial charge >= 0.3 is 19.8 Å². The van der Waals surface area contributed by atoms with E-state index in [1.54, 1.807) is 6.08 Å². The summed E-state index contributed by atoms with van der Waals surface area (Å²) in [5.74, 6) is -1.11. The first kappa shape index (κ1) is 54.6. The Balaban J connectivity index is 4.60. The molecule has 328 valence electrons. The van der Waals surface area contributed by atoms with E-state index in [0.29, 0.717) is 38.5 Å². The van der Waals surface area contributed by atoms with Gasteiger partial charge in [-0.3, -0.25) is 18.6 Å². The number of hydrogen-bond donors (Lipinski definition) is 4. The molecule has 0 fully saturated rings. The van der Waals surface area contributed by atoms with Crippen LogP contribution in [0.1, 0.15) is 123 Å². The molecule has 0 rings (SSSR count). The van der Waals surface area contributed by atoms with Gasteiger partial charge in [-0.05, 0) is 83.5 Å². The molecule has 0 heterocycles. The summed E-state index contributed by atoms with van der Waals surface area (Å²) in [4.78, 5) is 34.9. The van der Waals surface area contributed by atoms with Crippen molar-refractivity contribution >= 4 is 19.8 Å². The van der Waals surface area contributed by atoms with Crippen LogP contribution in [0.4, 0.5) is 0 Å². The van der Waals surface area contributed by atoms with Gasteiger partial charge < -0.3 is 29.7 Å². The lowest BCUT2D eigenvalue weighted by molar-refractivity contribution is -0.161. The normalized spacial score (nSPS) is 15.5. The number of rotatable bonds is 37. The molecule has 0 radical (unpaired) electrons. The van der Waals surface area contributed by atoms with Crippen molar-refractivity contribution in [2.45, 2.75) is 141 Å². The molecule has 0 saturated heterocycles. The van der Waals surface area contributed by atoms with Gasteiger partial charge in [0.15, 0.2) is 6.10 Å². The topological polar surface area (TPSA) is 169 Å². The van der Waals surface area contributed by atoms with E-state index in [0.717, 1.165) is 38.5 Å². The molecule has 0 aliphatic carbocycles. The van der Waals surface area contributed by atoms with Crippen LogP contribution in [0.2, 0.25) is 0 Å². The fourth-order valence-electron chi connectivity index (χ4n) is 4.75. The Bertz CT molecular complexity index is 1340. The third-order valence-electron chi connectivity index (χ3n) is 7.99. The Hall–Kier alpha value is -3.41. The zero-order valence-electron chi connectivity index (χ0n) is 35.1. The quantitative estimate of drug-likeness (QED) is 0.0155. The first-order valence-corrected chi connectivity index (χ1v) is 22.4. The van der Waals surface area contributed by atoms with Crippen molar-refractivity contribution < 1.29 is 52.9 Å². The zero-order valence-corrected chi connectivity index (χ0v) is 36.0. The van der Waals surface area contributed by atoms with E-state index >= 15 is 0 Å². The lowest BCUT2D eigenvalue weighted by Gasteiger charge is -2.20. The van der Waals surface area contributed by atoms with Crippen LogP contribution in [-0.4, -0.2) is 76.9 Å². The van der Waals surface area contributed by atoms with Crippen molar-refractivity contribution in [2.24, 2.45) is 0 Å². The van der Waals surface area contributed by atoms with Gasteiger partial charge in [-0.15, -0.1) is 0 Å². The van der Waals surface area contributed by atoms with E-state index in [-0.39, 0.29) is 19.4 Å². The number of aliphatic hydroxyl groups is 3. The van der Waals surface area contributed by atoms with Crippen molar-refractivity contribution in [3.63, 3.8) is 0 Å². The number of esters is 2. The second-order valence-corrected chi connectivity index (χ2v) is 14.9. The van der Waals surface area contributed by atoms with Gasteiger partial charge in [-0.25, -0.2) is 4.57 Å². The standard InChI is InChI=1S/C46H73O11P/c1-3-5-7-9-11-12-13-14-15-16-17-18-19-20-24-28-32-36-45(50)54-40-44(41-56-58(52,53)55-39-43(49)38-47)57-46(51)37-33-29-25-22-21-23-27-31-35-42(48)34-30-26-10-8-6-4-2/h6,8,11-12,14-15,17-18,20,22-27,30-31,35,42-44,47-49H,3-5,7,9-10,13,16,19,21,28-29,32-34,36-41H2,1-2H3,(H,52,53)/b8-6-,12-11-,15-14-,18-17-,24-20-,25-22-,27-23-,30-26-,35-31+/t42?,43-,44+/m0/s1. The monoisotopic (exact) mass is 832 g/mol. The minimum Gasteiger partial charge on any atom is -0.462 e. The summed E-state index contributed by atoms with van der Waals surface area (Å²) in [7, 11) is -4.67. The molecular weight excluding hydrogens is 759 g/mol. The number of carbonyl (C=O) groups excluding carboxylic acids is 2. The molecule has 58 heavy (non-hydrogen) atoms. The van der Waals surface area contributed by atoms with Crippen LogP contribution in [0.15, 0.2) is 109 Å². The highest BCUT2D eigenvalue weighted by Gasteiger charge is 2.27. The van der Waals surface area contributed by atoms with Crippen LogP contribution in [0.25, 0.3) is 0 Å². The van der Waals surface area contributed by atoms with E-state index in [9.17, 15) is 29.3 Å². The molecule has 11 nitrogen and oxygen atoms in total. The van der Waals surface area contributed by atoms with E-state index in [1.165, 1.54) is 19.3 Å².